The van der Waals surface area contributed by atoms with Crippen LogP contribution >= 0.6 is 15.9 Å². The molecular formula is C21H30BrNO2. The Kier molecular flexibility index (Phi) is 5.02. The topological polar surface area (TPSA) is 30.5 Å². The predicted octanol–water partition coefficient (Wildman–Crippen LogP) is 5.16. The van der Waals surface area contributed by atoms with Crippen molar-refractivity contribution in [2.75, 3.05) is 7.11 Å². The lowest BCUT2D eigenvalue weighted by molar-refractivity contribution is -0.0142. The number of nitrogens with one attached hydrogen (secondary N) is 1. The highest BCUT2D eigenvalue weighted by molar-refractivity contribution is 9.10. The van der Waals surface area contributed by atoms with Gasteiger partial charge in [0.05, 0.1) is 13.2 Å². The van der Waals surface area contributed by atoms with Crippen LogP contribution in [0.4, 0.5) is 0 Å². The predicted molar refractivity (Wildman–Crippen MR) is 104 cm³/mol. The van der Waals surface area contributed by atoms with Gasteiger partial charge in [-0.05, 0) is 87.3 Å². The van der Waals surface area contributed by atoms with Crippen LogP contribution in [0.25, 0.3) is 0 Å². The molecule has 1 N–H and O–H groups in total. The highest BCUT2D eigenvalue weighted by atomic mass is 79.9. The molecule has 3 nitrogen and oxygen atoms in total. The molecule has 1 aromatic rings. The monoisotopic (exact) mass is 407 g/mol. The molecule has 4 aliphatic carbocycles. The van der Waals surface area contributed by atoms with Crippen LogP contribution in [-0.4, -0.2) is 19.3 Å². The fraction of sp³-hybridized carbons (Fsp3) is 0.714. The van der Waals surface area contributed by atoms with Gasteiger partial charge in [0, 0.05) is 17.1 Å². The van der Waals surface area contributed by atoms with E-state index in [1.807, 2.05) is 19.9 Å². The Labute approximate surface area is 160 Å². The highest BCUT2D eigenvalue weighted by Gasteiger charge is 2.47. The van der Waals surface area contributed by atoms with Gasteiger partial charge in [0.2, 0.25) is 0 Å². The van der Waals surface area contributed by atoms with Gasteiger partial charge in [-0.15, -0.1) is 0 Å². The molecule has 0 amide bonds. The van der Waals surface area contributed by atoms with Crippen molar-refractivity contribution in [1.29, 1.82) is 0 Å². The second-order valence-corrected chi connectivity index (χ2v) is 9.45. The first kappa shape index (κ1) is 17.7. The quantitative estimate of drug-likeness (QED) is 0.706. The van der Waals surface area contributed by atoms with Crippen molar-refractivity contribution in [2.45, 2.75) is 64.6 Å². The van der Waals surface area contributed by atoms with Gasteiger partial charge >= 0.3 is 0 Å². The van der Waals surface area contributed by atoms with Crippen molar-refractivity contribution in [1.82, 2.24) is 5.32 Å². The second-order valence-electron chi connectivity index (χ2n) is 8.60. The molecule has 4 aliphatic rings. The molecule has 0 aliphatic heterocycles. The number of hydrogen-bond acceptors (Lipinski definition) is 3. The summed E-state index contributed by atoms with van der Waals surface area (Å²) >= 11 is 3.73. The van der Waals surface area contributed by atoms with Crippen molar-refractivity contribution in [2.24, 2.45) is 23.7 Å². The van der Waals surface area contributed by atoms with Crippen molar-refractivity contribution in [3.05, 3.63) is 22.2 Å². The van der Waals surface area contributed by atoms with Gasteiger partial charge in [-0.25, -0.2) is 0 Å². The van der Waals surface area contributed by atoms with E-state index in [0.29, 0.717) is 6.04 Å². The van der Waals surface area contributed by atoms with Crippen LogP contribution in [0.2, 0.25) is 0 Å². The fourth-order valence-electron chi connectivity index (χ4n) is 5.70. The fourth-order valence-corrected chi connectivity index (χ4v) is 6.17. The summed E-state index contributed by atoms with van der Waals surface area (Å²) in [6, 6.07) is 4.87. The maximum atomic E-state index is 5.87. The number of ether oxygens (including phenoxy) is 2. The third-order valence-electron chi connectivity index (χ3n) is 6.45. The summed E-state index contributed by atoms with van der Waals surface area (Å²) in [5.74, 6) is 5.49. The molecule has 0 atom stereocenters. The van der Waals surface area contributed by atoms with E-state index < -0.39 is 0 Å². The van der Waals surface area contributed by atoms with Gasteiger partial charge in [-0.2, -0.15) is 0 Å². The van der Waals surface area contributed by atoms with Crippen LogP contribution in [0, 0.1) is 23.7 Å². The van der Waals surface area contributed by atoms with Crippen molar-refractivity contribution in [3.8, 4) is 11.5 Å². The minimum Gasteiger partial charge on any atom is -0.493 e. The van der Waals surface area contributed by atoms with Crippen LogP contribution < -0.4 is 14.8 Å². The summed E-state index contributed by atoms with van der Waals surface area (Å²) < 4.78 is 12.5. The Morgan fingerprint density at radius 3 is 2.24 bits per heavy atom. The van der Waals surface area contributed by atoms with E-state index in [4.69, 9.17) is 9.47 Å². The highest BCUT2D eigenvalue weighted by Crippen LogP contribution is 2.53. The molecule has 5 rings (SSSR count). The van der Waals surface area contributed by atoms with Crippen LogP contribution in [0.15, 0.2) is 16.6 Å². The average Bonchev–Trinajstić information content (AvgIpc) is 2.54. The minimum absolute atomic E-state index is 0.137. The van der Waals surface area contributed by atoms with E-state index >= 15 is 0 Å². The summed E-state index contributed by atoms with van der Waals surface area (Å²) in [5.41, 5.74) is 1.25. The normalized spacial score (nSPS) is 33.1. The SMILES string of the molecule is COc1cc(CNC2C3CC4CC(C3)CC2C4)c(Br)cc1OC(C)C. The van der Waals surface area contributed by atoms with E-state index in [2.05, 4.69) is 27.3 Å². The molecule has 1 aromatic carbocycles. The molecule has 4 heteroatoms. The zero-order valence-electron chi connectivity index (χ0n) is 15.6. The Hall–Kier alpha value is -0.740. The molecule has 0 radical (unpaired) electrons. The standard InChI is InChI=1S/C21H30BrNO2/c1-12(2)25-20-10-18(22)17(9-19(20)24-3)11-23-21-15-5-13-4-14(7-15)8-16(21)6-13/h9-10,12-16,21,23H,4-8,11H2,1-3H3. The lowest BCUT2D eigenvalue weighted by atomic mass is 9.54. The molecule has 4 saturated carbocycles. The van der Waals surface area contributed by atoms with Crippen LogP contribution in [0.1, 0.15) is 51.5 Å². The Bertz CT molecular complexity index is 603. The summed E-state index contributed by atoms with van der Waals surface area (Å²) in [4.78, 5) is 0. The smallest absolute Gasteiger partial charge is 0.162 e. The zero-order chi connectivity index (χ0) is 17.6. The maximum absolute atomic E-state index is 5.87. The van der Waals surface area contributed by atoms with Gasteiger partial charge in [-0.1, -0.05) is 15.9 Å². The molecule has 0 heterocycles. The van der Waals surface area contributed by atoms with Crippen molar-refractivity contribution in [3.63, 3.8) is 0 Å². The van der Waals surface area contributed by atoms with Gasteiger partial charge in [-0.3, -0.25) is 0 Å². The summed E-state index contributed by atoms with van der Waals surface area (Å²) in [6.07, 6.45) is 7.47. The average molecular weight is 408 g/mol. The largest absolute Gasteiger partial charge is 0.493 e. The number of methoxy groups -OCH3 is 1. The molecule has 4 bridgehead atoms. The molecule has 25 heavy (non-hydrogen) atoms. The Morgan fingerprint density at radius 2 is 1.68 bits per heavy atom. The molecule has 0 aromatic heterocycles. The van der Waals surface area contributed by atoms with Crippen molar-refractivity contribution < 1.29 is 9.47 Å². The number of halogens is 1. The molecule has 4 fully saturated rings. The summed E-state index contributed by atoms with van der Waals surface area (Å²) in [6.45, 7) is 4.97. The lowest BCUT2D eigenvalue weighted by Crippen LogP contribution is -2.54. The zero-order valence-corrected chi connectivity index (χ0v) is 17.1. The molecule has 0 saturated heterocycles. The van der Waals surface area contributed by atoms with Crippen LogP contribution in [0.5, 0.6) is 11.5 Å². The van der Waals surface area contributed by atoms with E-state index in [0.717, 1.165) is 46.2 Å². The van der Waals surface area contributed by atoms with Crippen molar-refractivity contribution >= 4 is 15.9 Å². The number of hydrogen-bond donors (Lipinski definition) is 1. The third kappa shape index (κ3) is 3.57. The number of rotatable bonds is 6. The number of benzene rings is 1. The first-order valence-corrected chi connectivity index (χ1v) is 10.6. The van der Waals surface area contributed by atoms with Gasteiger partial charge < -0.3 is 14.8 Å². The third-order valence-corrected chi connectivity index (χ3v) is 7.19. The minimum atomic E-state index is 0.137. The van der Waals surface area contributed by atoms with Gasteiger partial charge in [0.1, 0.15) is 0 Å². The summed E-state index contributed by atoms with van der Waals surface area (Å²) in [7, 11) is 1.71. The maximum Gasteiger partial charge on any atom is 0.162 e. The van der Waals surface area contributed by atoms with E-state index in [1.165, 1.54) is 37.7 Å². The Balaban J connectivity index is 1.46. The van der Waals surface area contributed by atoms with E-state index in [-0.39, 0.29) is 6.10 Å². The lowest BCUT2D eigenvalue weighted by Gasteiger charge is -2.54. The van der Waals surface area contributed by atoms with Gasteiger partial charge in [0.25, 0.3) is 0 Å². The van der Waals surface area contributed by atoms with Crippen LogP contribution in [-0.2, 0) is 6.54 Å². The van der Waals surface area contributed by atoms with E-state index in [9.17, 15) is 0 Å². The van der Waals surface area contributed by atoms with Crippen LogP contribution in [0.3, 0.4) is 0 Å². The first-order valence-electron chi connectivity index (χ1n) is 9.80. The van der Waals surface area contributed by atoms with E-state index in [1.54, 1.807) is 7.11 Å². The molecule has 0 spiro atoms. The second kappa shape index (κ2) is 7.11. The van der Waals surface area contributed by atoms with Gasteiger partial charge in [0.15, 0.2) is 11.5 Å². The first-order chi connectivity index (χ1) is 12.0. The molecule has 0 unspecified atom stereocenters. The molecule has 138 valence electrons. The Morgan fingerprint density at radius 1 is 1.04 bits per heavy atom. The molecular weight excluding hydrogens is 378 g/mol. The summed E-state index contributed by atoms with van der Waals surface area (Å²) in [5, 5.41) is 3.91.